The fraction of sp³-hybridized carbons (Fsp3) is 0.429. The molecule has 0 radical (unpaired) electrons. The second kappa shape index (κ2) is 9.53. The lowest BCUT2D eigenvalue weighted by atomic mass is 10.1. The van der Waals surface area contributed by atoms with Crippen molar-refractivity contribution in [1.29, 1.82) is 5.41 Å². The summed E-state index contributed by atoms with van der Waals surface area (Å²) in [6.45, 7) is 5.89. The molecule has 1 aliphatic heterocycles. The average Bonchev–Trinajstić information content (AvgIpc) is 3.44. The molecule has 11 nitrogen and oxygen atoms in total. The van der Waals surface area contributed by atoms with E-state index >= 15 is 0 Å². The van der Waals surface area contributed by atoms with Crippen LogP contribution in [0.15, 0.2) is 16.7 Å². The zero-order valence-corrected chi connectivity index (χ0v) is 18.4. The summed E-state index contributed by atoms with van der Waals surface area (Å²) in [5.41, 5.74) is 7.58. The highest BCUT2D eigenvalue weighted by Crippen LogP contribution is 2.28. The number of nitrogens with two attached hydrogens (primary N) is 2. The number of piperazine rings is 1. The Morgan fingerprint density at radius 2 is 2.15 bits per heavy atom. The van der Waals surface area contributed by atoms with Crippen molar-refractivity contribution in [1.82, 2.24) is 30.2 Å². The van der Waals surface area contributed by atoms with Crippen LogP contribution in [0, 0.1) is 30.5 Å². The van der Waals surface area contributed by atoms with E-state index in [0.717, 1.165) is 24.2 Å². The van der Waals surface area contributed by atoms with Crippen LogP contribution < -0.4 is 16.5 Å². The van der Waals surface area contributed by atoms with Gasteiger partial charge in [-0.25, -0.2) is 15.2 Å². The molecule has 1 aromatic carbocycles. The molecule has 2 aromatic heterocycles. The SMILES string of the molecule is C#Cc1nc(C(CN)C(=N)N(N)CCN2CCN(c3cc4c(C)noc4cc3F)CC2)n[nH]1. The van der Waals surface area contributed by atoms with Gasteiger partial charge < -0.3 is 15.2 Å². The molecule has 3 heterocycles. The van der Waals surface area contributed by atoms with Crippen LogP contribution in [-0.2, 0) is 0 Å². The van der Waals surface area contributed by atoms with Gasteiger partial charge in [-0.2, -0.15) is 5.10 Å². The lowest BCUT2D eigenvalue weighted by molar-refractivity contribution is 0.232. The normalized spacial score (nSPS) is 15.5. The van der Waals surface area contributed by atoms with Crippen LogP contribution in [0.1, 0.15) is 23.3 Å². The molecule has 33 heavy (non-hydrogen) atoms. The first kappa shape index (κ1) is 22.7. The number of hydrogen-bond donors (Lipinski definition) is 4. The van der Waals surface area contributed by atoms with Crippen LogP contribution in [-0.4, -0.2) is 81.9 Å². The smallest absolute Gasteiger partial charge is 0.200 e. The number of nitrogens with zero attached hydrogens (tertiary/aromatic N) is 6. The quantitative estimate of drug-likeness (QED) is 0.131. The molecule has 0 amide bonds. The van der Waals surface area contributed by atoms with Gasteiger partial charge in [-0.15, -0.1) is 6.42 Å². The first-order valence-electron chi connectivity index (χ1n) is 10.6. The number of anilines is 1. The van der Waals surface area contributed by atoms with E-state index in [4.69, 9.17) is 27.9 Å². The summed E-state index contributed by atoms with van der Waals surface area (Å²) in [5, 5.41) is 21.2. The molecule has 1 unspecified atom stereocenters. The fourth-order valence-corrected chi connectivity index (χ4v) is 3.93. The lowest BCUT2D eigenvalue weighted by Gasteiger charge is -2.37. The van der Waals surface area contributed by atoms with E-state index < -0.39 is 5.92 Å². The Hall–Kier alpha value is -3.53. The molecule has 12 heteroatoms. The van der Waals surface area contributed by atoms with E-state index in [9.17, 15) is 4.39 Å². The lowest BCUT2D eigenvalue weighted by Crippen LogP contribution is -2.51. The summed E-state index contributed by atoms with van der Waals surface area (Å²) in [4.78, 5) is 8.41. The largest absolute Gasteiger partial charge is 0.367 e. The number of H-pyrrole nitrogens is 1. The molecule has 1 fully saturated rings. The summed E-state index contributed by atoms with van der Waals surface area (Å²) in [6.07, 6.45) is 5.31. The summed E-state index contributed by atoms with van der Waals surface area (Å²) in [5.74, 6) is 8.38. The van der Waals surface area contributed by atoms with Crippen LogP contribution >= 0.6 is 0 Å². The first-order chi connectivity index (χ1) is 15.9. The van der Waals surface area contributed by atoms with Crippen molar-refractivity contribution in [2.24, 2.45) is 11.6 Å². The standard InChI is InChI=1S/C21H27FN10O/c1-3-19-26-21(28-27-19)15(12-23)20(24)32(25)9-6-30-4-7-31(8-5-30)17-10-14-13(2)29-33-18(14)11-16(17)22/h1,10-11,15,24H,4-9,12,23,25H2,2H3,(H,26,27,28). The molecule has 0 saturated carbocycles. The number of nitrogens with one attached hydrogen (secondary N) is 2. The average molecular weight is 455 g/mol. The number of hydrazine groups is 1. The van der Waals surface area contributed by atoms with E-state index in [1.807, 2.05) is 11.8 Å². The van der Waals surface area contributed by atoms with Crippen LogP contribution in [0.4, 0.5) is 10.1 Å². The highest BCUT2D eigenvalue weighted by Gasteiger charge is 2.25. The number of aromatic nitrogens is 4. The molecule has 3 aromatic rings. The predicted molar refractivity (Wildman–Crippen MR) is 122 cm³/mol. The maximum atomic E-state index is 14.6. The molecule has 0 bridgehead atoms. The Balaban J connectivity index is 1.31. The van der Waals surface area contributed by atoms with Crippen LogP contribution in [0.2, 0.25) is 0 Å². The van der Waals surface area contributed by atoms with Gasteiger partial charge in [-0.05, 0) is 18.9 Å². The monoisotopic (exact) mass is 454 g/mol. The minimum atomic E-state index is -0.552. The second-order valence-electron chi connectivity index (χ2n) is 7.95. The molecular weight excluding hydrogens is 427 g/mol. The summed E-state index contributed by atoms with van der Waals surface area (Å²) < 4.78 is 19.7. The van der Waals surface area contributed by atoms with Crippen molar-refractivity contribution in [2.75, 3.05) is 50.7 Å². The molecular formula is C21H27FN10O. The summed E-state index contributed by atoms with van der Waals surface area (Å²) in [6, 6.07) is 3.19. The van der Waals surface area contributed by atoms with Crippen molar-refractivity contribution in [3.05, 3.63) is 35.3 Å². The van der Waals surface area contributed by atoms with Crippen molar-refractivity contribution >= 4 is 22.5 Å². The minimum Gasteiger partial charge on any atom is -0.367 e. The topological polar surface area (TPSA) is 153 Å². The van der Waals surface area contributed by atoms with Gasteiger partial charge >= 0.3 is 0 Å². The van der Waals surface area contributed by atoms with E-state index in [0.29, 0.717) is 43.3 Å². The Labute approximate surface area is 190 Å². The highest BCUT2D eigenvalue weighted by atomic mass is 19.1. The van der Waals surface area contributed by atoms with Gasteiger partial charge in [0.2, 0.25) is 5.82 Å². The molecule has 0 aliphatic carbocycles. The van der Waals surface area contributed by atoms with Crippen LogP contribution in [0.3, 0.4) is 0 Å². The third kappa shape index (κ3) is 4.65. The maximum absolute atomic E-state index is 14.6. The third-order valence-electron chi connectivity index (χ3n) is 5.92. The van der Waals surface area contributed by atoms with Crippen molar-refractivity contribution in [3.63, 3.8) is 0 Å². The number of hydrogen-bond acceptors (Lipinski definition) is 9. The number of halogens is 1. The number of fused-ring (bicyclic) bond motifs is 1. The molecule has 4 rings (SSSR count). The molecule has 174 valence electrons. The Kier molecular flexibility index (Phi) is 6.55. The van der Waals surface area contributed by atoms with E-state index in [1.54, 1.807) is 6.07 Å². The van der Waals surface area contributed by atoms with E-state index in [-0.39, 0.29) is 24.0 Å². The van der Waals surface area contributed by atoms with E-state index in [1.165, 1.54) is 11.1 Å². The first-order valence-corrected chi connectivity index (χ1v) is 10.6. The van der Waals surface area contributed by atoms with Gasteiger partial charge in [-0.3, -0.25) is 20.4 Å². The highest BCUT2D eigenvalue weighted by molar-refractivity contribution is 5.85. The van der Waals surface area contributed by atoms with Gasteiger partial charge in [0.25, 0.3) is 0 Å². The van der Waals surface area contributed by atoms with Gasteiger partial charge in [0.15, 0.2) is 11.4 Å². The Morgan fingerprint density at radius 3 is 2.82 bits per heavy atom. The Morgan fingerprint density at radius 1 is 1.39 bits per heavy atom. The molecule has 1 aliphatic rings. The number of terminal acetylenes is 1. The predicted octanol–water partition coefficient (Wildman–Crippen LogP) is 0.392. The zero-order valence-electron chi connectivity index (χ0n) is 18.4. The number of aryl methyl sites for hydroxylation is 1. The number of benzene rings is 1. The number of rotatable bonds is 7. The van der Waals surface area contributed by atoms with Crippen molar-refractivity contribution < 1.29 is 8.91 Å². The minimum absolute atomic E-state index is 0.123. The molecule has 6 N–H and O–H groups in total. The summed E-state index contributed by atoms with van der Waals surface area (Å²) >= 11 is 0. The second-order valence-corrected chi connectivity index (χ2v) is 7.95. The molecule has 1 atom stereocenters. The number of amidine groups is 1. The van der Waals surface area contributed by atoms with Crippen LogP contribution in [0.25, 0.3) is 11.0 Å². The Bertz CT molecular complexity index is 1170. The fourth-order valence-electron chi connectivity index (χ4n) is 3.93. The number of aromatic amines is 1. The van der Waals surface area contributed by atoms with Gasteiger partial charge in [0.1, 0.15) is 11.7 Å². The van der Waals surface area contributed by atoms with Gasteiger partial charge in [0.05, 0.1) is 17.3 Å². The van der Waals surface area contributed by atoms with Gasteiger partial charge in [0, 0.05) is 57.3 Å². The third-order valence-corrected chi connectivity index (χ3v) is 5.92. The molecule has 0 spiro atoms. The zero-order chi connectivity index (χ0) is 23.5. The van der Waals surface area contributed by atoms with Crippen molar-refractivity contribution in [3.8, 4) is 12.3 Å². The van der Waals surface area contributed by atoms with E-state index in [2.05, 4.69) is 31.2 Å². The van der Waals surface area contributed by atoms with Crippen LogP contribution in [0.5, 0.6) is 0 Å². The maximum Gasteiger partial charge on any atom is 0.200 e. The van der Waals surface area contributed by atoms with Crippen molar-refractivity contribution in [2.45, 2.75) is 12.8 Å². The van der Waals surface area contributed by atoms with Gasteiger partial charge in [-0.1, -0.05) is 5.16 Å². The summed E-state index contributed by atoms with van der Waals surface area (Å²) in [7, 11) is 0. The molecule has 1 saturated heterocycles.